The topological polar surface area (TPSA) is 41.5 Å². The van der Waals surface area contributed by atoms with E-state index in [0.717, 1.165) is 6.42 Å². The molecule has 0 aliphatic heterocycles. The summed E-state index contributed by atoms with van der Waals surface area (Å²) in [4.78, 5) is 12.3. The van der Waals surface area contributed by atoms with E-state index in [9.17, 15) is 4.79 Å². The smallest absolute Gasteiger partial charge is 0.243 e. The predicted molar refractivity (Wildman–Crippen MR) is 108 cm³/mol. The van der Waals surface area contributed by atoms with Crippen molar-refractivity contribution >= 4 is 35.3 Å². The summed E-state index contributed by atoms with van der Waals surface area (Å²) in [6, 6.07) is 13.7. The van der Waals surface area contributed by atoms with Crippen molar-refractivity contribution in [3.63, 3.8) is 0 Å². The van der Waals surface area contributed by atoms with Crippen LogP contribution in [0.25, 0.3) is 0 Å². The monoisotopic (exact) mass is 388 g/mol. The number of carbonyl (C=O) groups excluding carboxylic acids is 1. The van der Waals surface area contributed by atoms with Crippen LogP contribution in [0.2, 0.25) is 10.0 Å². The first kappa shape index (κ1) is 18.9. The standard InChI is InChI=1S/C21H22Cl2N2O/c1-21(2,3)15-7-4-13(5-8-15)17-11-18(17)20(26)25-24-12-14-6-9-16(22)10-19(14)23/h4-10,12,17-18H,11H2,1-3H3,(H,25,26)/t17-,18-/m0/s1. The molecule has 2 atom stereocenters. The molecular formula is C21H22Cl2N2O. The summed E-state index contributed by atoms with van der Waals surface area (Å²) >= 11 is 11.9. The second-order valence-electron chi connectivity index (χ2n) is 7.72. The summed E-state index contributed by atoms with van der Waals surface area (Å²) < 4.78 is 0. The zero-order valence-electron chi connectivity index (χ0n) is 15.1. The largest absolute Gasteiger partial charge is 0.273 e. The molecule has 26 heavy (non-hydrogen) atoms. The van der Waals surface area contributed by atoms with Gasteiger partial charge in [-0.1, -0.05) is 74.3 Å². The molecule has 2 aromatic rings. The second kappa shape index (κ2) is 7.42. The van der Waals surface area contributed by atoms with Gasteiger partial charge in [-0.2, -0.15) is 5.10 Å². The van der Waals surface area contributed by atoms with Gasteiger partial charge in [0.1, 0.15) is 0 Å². The Kier molecular flexibility index (Phi) is 5.40. The van der Waals surface area contributed by atoms with Crippen LogP contribution in [-0.2, 0) is 10.2 Å². The van der Waals surface area contributed by atoms with Gasteiger partial charge in [-0.05, 0) is 41.0 Å². The van der Waals surface area contributed by atoms with Crippen LogP contribution in [-0.4, -0.2) is 12.1 Å². The van der Waals surface area contributed by atoms with E-state index < -0.39 is 0 Å². The molecule has 3 rings (SSSR count). The lowest BCUT2D eigenvalue weighted by Crippen LogP contribution is -2.20. The summed E-state index contributed by atoms with van der Waals surface area (Å²) in [5.74, 6) is 0.197. The van der Waals surface area contributed by atoms with E-state index >= 15 is 0 Å². The van der Waals surface area contributed by atoms with Gasteiger partial charge in [-0.15, -0.1) is 0 Å². The molecular weight excluding hydrogens is 367 g/mol. The van der Waals surface area contributed by atoms with Gasteiger partial charge in [0.2, 0.25) is 5.91 Å². The molecule has 136 valence electrons. The van der Waals surface area contributed by atoms with Gasteiger partial charge in [-0.25, -0.2) is 5.43 Å². The summed E-state index contributed by atoms with van der Waals surface area (Å²) in [5.41, 5.74) is 5.96. The molecule has 1 aliphatic carbocycles. The van der Waals surface area contributed by atoms with E-state index in [1.807, 2.05) is 0 Å². The average molecular weight is 389 g/mol. The Hall–Kier alpha value is -1.84. The maximum Gasteiger partial charge on any atom is 0.243 e. The Labute approximate surface area is 164 Å². The number of hydrogen-bond donors (Lipinski definition) is 1. The van der Waals surface area contributed by atoms with Crippen molar-refractivity contribution in [1.29, 1.82) is 0 Å². The molecule has 0 saturated heterocycles. The zero-order chi connectivity index (χ0) is 18.9. The van der Waals surface area contributed by atoms with Crippen LogP contribution in [0.15, 0.2) is 47.6 Å². The maximum atomic E-state index is 12.3. The maximum absolute atomic E-state index is 12.3. The summed E-state index contributed by atoms with van der Waals surface area (Å²) in [5, 5.41) is 5.08. The van der Waals surface area contributed by atoms with Crippen LogP contribution in [0.4, 0.5) is 0 Å². The molecule has 0 spiro atoms. The Balaban J connectivity index is 1.56. The first-order valence-electron chi connectivity index (χ1n) is 8.64. The molecule has 1 saturated carbocycles. The fourth-order valence-corrected chi connectivity index (χ4v) is 3.40. The molecule has 0 aromatic heterocycles. The van der Waals surface area contributed by atoms with Crippen molar-refractivity contribution in [2.75, 3.05) is 0 Å². The third kappa shape index (κ3) is 4.46. The highest BCUT2D eigenvalue weighted by molar-refractivity contribution is 6.36. The Bertz CT molecular complexity index is 838. The third-order valence-electron chi connectivity index (χ3n) is 4.67. The van der Waals surface area contributed by atoms with Crippen molar-refractivity contribution in [3.8, 4) is 0 Å². The molecule has 0 radical (unpaired) electrons. The van der Waals surface area contributed by atoms with Gasteiger partial charge >= 0.3 is 0 Å². The number of benzene rings is 2. The van der Waals surface area contributed by atoms with Crippen LogP contribution in [0.3, 0.4) is 0 Å². The Morgan fingerprint density at radius 1 is 1.15 bits per heavy atom. The van der Waals surface area contributed by atoms with E-state index in [1.165, 1.54) is 17.3 Å². The highest BCUT2D eigenvalue weighted by Gasteiger charge is 2.43. The van der Waals surface area contributed by atoms with Crippen LogP contribution < -0.4 is 5.43 Å². The Morgan fingerprint density at radius 3 is 2.46 bits per heavy atom. The summed E-state index contributed by atoms with van der Waals surface area (Å²) in [7, 11) is 0. The lowest BCUT2D eigenvalue weighted by Gasteiger charge is -2.19. The lowest BCUT2D eigenvalue weighted by molar-refractivity contribution is -0.122. The first-order chi connectivity index (χ1) is 12.3. The minimum atomic E-state index is -0.0590. The van der Waals surface area contributed by atoms with Gasteiger partial charge in [0.15, 0.2) is 0 Å². The fourth-order valence-electron chi connectivity index (χ4n) is 2.94. The molecule has 0 unspecified atom stereocenters. The predicted octanol–water partition coefficient (Wildman–Crippen LogP) is 5.54. The number of rotatable bonds is 4. The quantitative estimate of drug-likeness (QED) is 0.541. The molecule has 1 N–H and O–H groups in total. The number of nitrogens with one attached hydrogen (secondary N) is 1. The van der Waals surface area contributed by atoms with Crippen molar-refractivity contribution in [2.45, 2.75) is 38.5 Å². The number of hydrogen-bond acceptors (Lipinski definition) is 2. The number of nitrogens with zero attached hydrogens (tertiary/aromatic N) is 1. The summed E-state index contributed by atoms with van der Waals surface area (Å²) in [6.45, 7) is 6.58. The number of carbonyl (C=O) groups is 1. The minimum Gasteiger partial charge on any atom is -0.273 e. The van der Waals surface area contributed by atoms with E-state index in [-0.39, 0.29) is 23.2 Å². The molecule has 1 fully saturated rings. The molecule has 3 nitrogen and oxygen atoms in total. The average Bonchev–Trinajstić information content (AvgIpc) is 3.37. The van der Waals surface area contributed by atoms with Crippen LogP contribution >= 0.6 is 23.2 Å². The molecule has 1 amide bonds. The van der Waals surface area contributed by atoms with Gasteiger partial charge < -0.3 is 0 Å². The highest BCUT2D eigenvalue weighted by Crippen LogP contribution is 2.47. The van der Waals surface area contributed by atoms with E-state index in [2.05, 4.69) is 55.6 Å². The number of hydrazone groups is 1. The van der Waals surface area contributed by atoms with Gasteiger partial charge in [0, 0.05) is 16.5 Å². The van der Waals surface area contributed by atoms with Crippen molar-refractivity contribution in [2.24, 2.45) is 11.0 Å². The third-order valence-corrected chi connectivity index (χ3v) is 5.24. The zero-order valence-corrected chi connectivity index (χ0v) is 16.6. The van der Waals surface area contributed by atoms with Crippen LogP contribution in [0.5, 0.6) is 0 Å². The SMILES string of the molecule is CC(C)(C)c1ccc([C@@H]2C[C@@H]2C(=O)NN=Cc2ccc(Cl)cc2Cl)cc1. The number of halogens is 2. The van der Waals surface area contributed by atoms with Crippen LogP contribution in [0, 0.1) is 5.92 Å². The van der Waals surface area contributed by atoms with Crippen molar-refractivity contribution in [3.05, 3.63) is 69.2 Å². The first-order valence-corrected chi connectivity index (χ1v) is 9.40. The van der Waals surface area contributed by atoms with E-state index in [0.29, 0.717) is 15.6 Å². The molecule has 0 bridgehead atoms. The fraction of sp³-hybridized carbons (Fsp3) is 0.333. The summed E-state index contributed by atoms with van der Waals surface area (Å²) in [6.07, 6.45) is 2.39. The van der Waals surface area contributed by atoms with E-state index in [4.69, 9.17) is 23.2 Å². The van der Waals surface area contributed by atoms with Crippen molar-refractivity contribution in [1.82, 2.24) is 5.43 Å². The van der Waals surface area contributed by atoms with Gasteiger partial charge in [0.25, 0.3) is 0 Å². The number of amides is 1. The van der Waals surface area contributed by atoms with Gasteiger partial charge in [0.05, 0.1) is 11.2 Å². The van der Waals surface area contributed by atoms with Crippen LogP contribution in [0.1, 0.15) is 49.8 Å². The molecule has 0 heterocycles. The Morgan fingerprint density at radius 2 is 1.85 bits per heavy atom. The highest BCUT2D eigenvalue weighted by atomic mass is 35.5. The second-order valence-corrected chi connectivity index (χ2v) is 8.56. The van der Waals surface area contributed by atoms with Crippen molar-refractivity contribution < 1.29 is 4.79 Å². The lowest BCUT2D eigenvalue weighted by atomic mass is 9.86. The molecule has 1 aliphatic rings. The normalized spacial score (nSPS) is 19.6. The van der Waals surface area contributed by atoms with Gasteiger partial charge in [-0.3, -0.25) is 4.79 Å². The van der Waals surface area contributed by atoms with E-state index in [1.54, 1.807) is 18.2 Å². The molecule has 5 heteroatoms. The minimum absolute atomic E-state index is 0.0201. The molecule has 2 aromatic carbocycles.